The number of aliphatic hydroxyl groups is 1. The second kappa shape index (κ2) is 8.05. The van der Waals surface area contributed by atoms with Crippen molar-refractivity contribution in [3.63, 3.8) is 0 Å². The monoisotopic (exact) mass is 372 g/mol. The summed E-state index contributed by atoms with van der Waals surface area (Å²) in [5.41, 5.74) is 2.06. The lowest BCUT2D eigenvalue weighted by molar-refractivity contribution is -0.0521. The van der Waals surface area contributed by atoms with Gasteiger partial charge in [0.2, 0.25) is 0 Å². The van der Waals surface area contributed by atoms with E-state index in [9.17, 15) is 9.18 Å². The van der Waals surface area contributed by atoms with E-state index < -0.39 is 5.60 Å². The number of aliphatic hydroxyl groups excluding tert-OH is 1. The van der Waals surface area contributed by atoms with Gasteiger partial charge in [0.05, 0.1) is 12.2 Å². The molecular weight excluding hydrogens is 347 g/mol. The van der Waals surface area contributed by atoms with Gasteiger partial charge in [0, 0.05) is 31.3 Å². The van der Waals surface area contributed by atoms with Gasteiger partial charge in [0.1, 0.15) is 11.4 Å². The van der Waals surface area contributed by atoms with Gasteiger partial charge in [-0.1, -0.05) is 24.3 Å². The van der Waals surface area contributed by atoms with Crippen LogP contribution in [0.5, 0.6) is 0 Å². The molecule has 0 saturated carbocycles. The lowest BCUT2D eigenvalue weighted by Gasteiger charge is -2.41. The second-order valence-electron chi connectivity index (χ2n) is 7.28. The number of hydrogen-bond acceptors (Lipinski definition) is 4. The highest BCUT2D eigenvalue weighted by molar-refractivity contribution is 5.70. The van der Waals surface area contributed by atoms with Gasteiger partial charge in [-0.15, -0.1) is 0 Å². The standard InChI is InChI=1S/C21H25FN2O3/c1-15(24-10-9-21(2,8-3-11-25)27-20(24)26)16-4-6-17(7-5-16)18-12-19(22)14-23-13-18/h4-7,12-15,25H,3,8-11H2,1-2H3/t15-,21+/m0/s1. The number of rotatable bonds is 6. The van der Waals surface area contributed by atoms with Crippen molar-refractivity contribution >= 4 is 6.09 Å². The van der Waals surface area contributed by atoms with Crippen molar-refractivity contribution in [2.24, 2.45) is 0 Å². The Hall–Kier alpha value is -2.47. The Morgan fingerprint density at radius 2 is 2.04 bits per heavy atom. The summed E-state index contributed by atoms with van der Waals surface area (Å²) >= 11 is 0. The van der Waals surface area contributed by atoms with Crippen LogP contribution in [0.3, 0.4) is 0 Å². The highest BCUT2D eigenvalue weighted by Crippen LogP contribution is 2.33. The molecule has 0 spiro atoms. The van der Waals surface area contributed by atoms with Gasteiger partial charge in [-0.05, 0) is 43.9 Å². The van der Waals surface area contributed by atoms with E-state index in [1.807, 2.05) is 38.1 Å². The fraction of sp³-hybridized carbons (Fsp3) is 0.429. The highest BCUT2D eigenvalue weighted by atomic mass is 19.1. The van der Waals surface area contributed by atoms with Gasteiger partial charge in [0.25, 0.3) is 0 Å². The first-order chi connectivity index (χ1) is 12.9. The van der Waals surface area contributed by atoms with Crippen molar-refractivity contribution < 1.29 is 19.0 Å². The molecule has 1 aromatic heterocycles. The second-order valence-corrected chi connectivity index (χ2v) is 7.28. The van der Waals surface area contributed by atoms with Crippen LogP contribution in [0, 0.1) is 5.82 Å². The molecule has 2 atom stereocenters. The van der Waals surface area contributed by atoms with Gasteiger partial charge >= 0.3 is 6.09 Å². The van der Waals surface area contributed by atoms with Crippen molar-refractivity contribution in [1.29, 1.82) is 0 Å². The van der Waals surface area contributed by atoms with Crippen LogP contribution in [-0.4, -0.2) is 39.8 Å². The van der Waals surface area contributed by atoms with E-state index in [1.165, 1.54) is 12.3 Å². The molecule has 27 heavy (non-hydrogen) atoms. The largest absolute Gasteiger partial charge is 0.443 e. The lowest BCUT2D eigenvalue weighted by Crippen LogP contribution is -2.48. The van der Waals surface area contributed by atoms with Crippen LogP contribution >= 0.6 is 0 Å². The summed E-state index contributed by atoms with van der Waals surface area (Å²) in [5.74, 6) is -0.370. The normalized spacial score (nSPS) is 21.0. The smallest absolute Gasteiger partial charge is 0.410 e. The molecule has 1 aliphatic heterocycles. The molecule has 0 unspecified atom stereocenters. The Morgan fingerprint density at radius 1 is 1.30 bits per heavy atom. The minimum Gasteiger partial charge on any atom is -0.443 e. The minimum atomic E-state index is -0.510. The van der Waals surface area contributed by atoms with Crippen molar-refractivity contribution in [2.45, 2.75) is 44.8 Å². The number of ether oxygens (including phenoxy) is 1. The molecular formula is C21H25FN2O3. The SMILES string of the molecule is C[C@@H](c1ccc(-c2cncc(F)c2)cc1)N1CC[C@@](C)(CCCO)OC1=O. The zero-order valence-corrected chi connectivity index (χ0v) is 15.7. The summed E-state index contributed by atoms with van der Waals surface area (Å²) in [6.07, 6.45) is 4.49. The van der Waals surface area contributed by atoms with E-state index in [2.05, 4.69) is 4.98 Å². The molecule has 2 heterocycles. The van der Waals surface area contributed by atoms with Crippen LogP contribution in [0.1, 0.15) is 44.7 Å². The van der Waals surface area contributed by atoms with Gasteiger partial charge in [-0.2, -0.15) is 0 Å². The predicted molar refractivity (Wildman–Crippen MR) is 101 cm³/mol. The molecule has 3 rings (SSSR count). The quantitative estimate of drug-likeness (QED) is 0.820. The van der Waals surface area contributed by atoms with Crippen LogP contribution in [0.25, 0.3) is 11.1 Å². The zero-order chi connectivity index (χ0) is 19.4. The van der Waals surface area contributed by atoms with Crippen LogP contribution in [0.4, 0.5) is 9.18 Å². The number of carbonyl (C=O) groups excluding carboxylic acids is 1. The average Bonchev–Trinajstić information content (AvgIpc) is 2.66. The third-order valence-corrected chi connectivity index (χ3v) is 5.21. The molecule has 0 radical (unpaired) electrons. The Morgan fingerprint density at radius 3 is 2.67 bits per heavy atom. The van der Waals surface area contributed by atoms with E-state index in [1.54, 1.807) is 11.1 Å². The summed E-state index contributed by atoms with van der Waals surface area (Å²) in [6.45, 7) is 4.60. The molecule has 1 aliphatic rings. The van der Waals surface area contributed by atoms with Gasteiger partial charge < -0.3 is 14.7 Å². The number of pyridine rings is 1. The van der Waals surface area contributed by atoms with Crippen LogP contribution in [0.15, 0.2) is 42.7 Å². The Balaban J connectivity index is 1.69. The van der Waals surface area contributed by atoms with E-state index in [0.29, 0.717) is 24.9 Å². The first-order valence-corrected chi connectivity index (χ1v) is 9.23. The Bertz CT molecular complexity index is 796. The summed E-state index contributed by atoms with van der Waals surface area (Å²) < 4.78 is 19.0. The number of carbonyl (C=O) groups is 1. The maximum atomic E-state index is 13.4. The molecule has 144 valence electrons. The Labute approximate surface area is 158 Å². The molecule has 1 amide bonds. The van der Waals surface area contributed by atoms with Crippen molar-refractivity contribution in [3.8, 4) is 11.1 Å². The van der Waals surface area contributed by atoms with Crippen molar-refractivity contribution in [3.05, 3.63) is 54.1 Å². The number of nitrogens with zero attached hydrogens (tertiary/aromatic N) is 2. The molecule has 1 N–H and O–H groups in total. The van der Waals surface area contributed by atoms with Crippen molar-refractivity contribution in [2.75, 3.05) is 13.2 Å². The molecule has 1 saturated heterocycles. The summed E-state index contributed by atoms with van der Waals surface area (Å²) in [6, 6.07) is 9.02. The third kappa shape index (κ3) is 4.45. The number of amides is 1. The number of halogens is 1. The van der Waals surface area contributed by atoms with Crippen molar-refractivity contribution in [1.82, 2.24) is 9.88 Å². The maximum Gasteiger partial charge on any atom is 0.410 e. The summed E-state index contributed by atoms with van der Waals surface area (Å²) in [5, 5.41) is 9.01. The lowest BCUT2D eigenvalue weighted by atomic mass is 9.93. The summed E-state index contributed by atoms with van der Waals surface area (Å²) in [7, 11) is 0. The summed E-state index contributed by atoms with van der Waals surface area (Å²) in [4.78, 5) is 18.1. The average molecular weight is 372 g/mol. The highest BCUT2D eigenvalue weighted by Gasteiger charge is 2.38. The van der Waals surface area contributed by atoms with E-state index in [-0.39, 0.29) is 24.6 Å². The minimum absolute atomic E-state index is 0.0977. The van der Waals surface area contributed by atoms with Crippen LogP contribution in [0.2, 0.25) is 0 Å². The zero-order valence-electron chi connectivity index (χ0n) is 15.7. The number of cyclic esters (lactones) is 1. The maximum absolute atomic E-state index is 13.4. The number of benzene rings is 1. The first kappa shape index (κ1) is 19.3. The van der Waals surface area contributed by atoms with Gasteiger partial charge in [-0.3, -0.25) is 4.98 Å². The number of aromatic nitrogens is 1. The first-order valence-electron chi connectivity index (χ1n) is 9.23. The van der Waals surface area contributed by atoms with Gasteiger partial charge in [0.15, 0.2) is 0 Å². The van der Waals surface area contributed by atoms with Gasteiger partial charge in [-0.25, -0.2) is 9.18 Å². The van der Waals surface area contributed by atoms with Crippen LogP contribution in [-0.2, 0) is 4.74 Å². The molecule has 2 aromatic rings. The van der Waals surface area contributed by atoms with E-state index in [0.717, 1.165) is 17.5 Å². The molecule has 0 aliphatic carbocycles. The molecule has 6 heteroatoms. The van der Waals surface area contributed by atoms with E-state index in [4.69, 9.17) is 9.84 Å². The fourth-order valence-electron chi connectivity index (χ4n) is 3.45. The third-order valence-electron chi connectivity index (χ3n) is 5.21. The molecule has 1 aromatic carbocycles. The Kier molecular flexibility index (Phi) is 5.75. The van der Waals surface area contributed by atoms with Crippen LogP contribution < -0.4 is 0 Å². The van der Waals surface area contributed by atoms with E-state index >= 15 is 0 Å². The molecule has 0 bridgehead atoms. The topological polar surface area (TPSA) is 62.7 Å². The fourth-order valence-corrected chi connectivity index (χ4v) is 3.45. The predicted octanol–water partition coefficient (Wildman–Crippen LogP) is 4.32. The molecule has 1 fully saturated rings. The number of hydrogen-bond donors (Lipinski definition) is 1. The molecule has 5 nitrogen and oxygen atoms in total.